The van der Waals surface area contributed by atoms with E-state index in [2.05, 4.69) is 0 Å². The van der Waals surface area contributed by atoms with Gasteiger partial charge in [-0.15, -0.1) is 0 Å². The van der Waals surface area contributed by atoms with Gasteiger partial charge in [0.1, 0.15) is 0 Å². The minimum atomic E-state index is -4.43. The summed E-state index contributed by atoms with van der Waals surface area (Å²) < 4.78 is 80.4. The lowest BCUT2D eigenvalue weighted by molar-refractivity contribution is -0.138. The average molecular weight is 775 g/mol. The molecule has 7 aromatic rings. The first-order valence-corrected chi connectivity index (χ1v) is 18.6. The molecule has 0 atom stereocenters. The quantitative estimate of drug-likeness (QED) is 0.0959. The van der Waals surface area contributed by atoms with Crippen LogP contribution in [0.15, 0.2) is 182 Å². The maximum absolute atomic E-state index is 13.4. The molecule has 0 unspecified atom stereocenters. The summed E-state index contributed by atoms with van der Waals surface area (Å²) in [5.41, 5.74) is 8.84. The zero-order valence-electron chi connectivity index (χ0n) is 31.1. The Bertz CT molecular complexity index is 2410. The van der Waals surface area contributed by atoms with Crippen LogP contribution < -0.4 is 0 Å². The molecule has 0 spiro atoms. The highest BCUT2D eigenvalue weighted by Gasteiger charge is 2.31. The molecule has 7 aromatic carbocycles. The molecule has 0 saturated carbocycles. The summed E-state index contributed by atoms with van der Waals surface area (Å²) in [5, 5.41) is 0. The summed E-state index contributed by atoms with van der Waals surface area (Å²) >= 11 is 0. The molecule has 0 saturated heterocycles. The monoisotopic (exact) mass is 774 g/mol. The highest BCUT2D eigenvalue weighted by atomic mass is 19.4. The van der Waals surface area contributed by atoms with Gasteiger partial charge in [0.15, 0.2) is 0 Å². The van der Waals surface area contributed by atoms with Crippen molar-refractivity contribution in [2.24, 2.45) is 0 Å². The molecule has 0 aromatic heterocycles. The third-order valence-corrected chi connectivity index (χ3v) is 9.69. The molecule has 0 bridgehead atoms. The Balaban J connectivity index is 1.21. The topological polar surface area (TPSA) is 0 Å². The first kappa shape index (κ1) is 39.3. The van der Waals surface area contributed by atoms with E-state index in [4.69, 9.17) is 0 Å². The third kappa shape index (κ3) is 9.71. The van der Waals surface area contributed by atoms with Gasteiger partial charge in [0.25, 0.3) is 0 Å². The number of alkyl halides is 6. The van der Waals surface area contributed by atoms with Crippen LogP contribution in [0.2, 0.25) is 0 Å². The van der Waals surface area contributed by atoms with E-state index in [1.807, 2.05) is 170 Å². The molecule has 286 valence electrons. The van der Waals surface area contributed by atoms with Crippen molar-refractivity contribution < 1.29 is 26.3 Å². The number of rotatable bonds is 10. The van der Waals surface area contributed by atoms with E-state index in [1.54, 1.807) is 0 Å². The van der Waals surface area contributed by atoms with Crippen LogP contribution in [0.5, 0.6) is 0 Å². The van der Waals surface area contributed by atoms with E-state index in [1.165, 1.54) is 24.3 Å². The third-order valence-electron chi connectivity index (χ3n) is 9.69. The van der Waals surface area contributed by atoms with Crippen LogP contribution in [0, 0.1) is 0 Å². The van der Waals surface area contributed by atoms with E-state index in [-0.39, 0.29) is 0 Å². The average Bonchev–Trinajstić information content (AvgIpc) is 3.24. The molecule has 7 rings (SSSR count). The van der Waals surface area contributed by atoms with Crippen molar-refractivity contribution in [2.75, 3.05) is 0 Å². The van der Waals surface area contributed by atoms with E-state index < -0.39 is 23.5 Å². The van der Waals surface area contributed by atoms with Crippen molar-refractivity contribution in [1.29, 1.82) is 0 Å². The van der Waals surface area contributed by atoms with Crippen molar-refractivity contribution >= 4 is 47.6 Å². The van der Waals surface area contributed by atoms with Gasteiger partial charge >= 0.3 is 12.4 Å². The summed E-state index contributed by atoms with van der Waals surface area (Å²) in [6.07, 6.45) is 3.28. The molecule has 0 aliphatic carbocycles. The molecule has 0 aliphatic rings. The largest absolute Gasteiger partial charge is 0.416 e. The molecule has 0 nitrogen and oxygen atoms in total. The molecule has 6 heteroatoms. The van der Waals surface area contributed by atoms with Crippen LogP contribution in [-0.4, -0.2) is 0 Å². The zero-order chi connectivity index (χ0) is 40.5. The fourth-order valence-corrected chi connectivity index (χ4v) is 6.65. The first-order valence-electron chi connectivity index (χ1n) is 18.6. The van der Waals surface area contributed by atoms with Crippen LogP contribution in [0.3, 0.4) is 0 Å². The van der Waals surface area contributed by atoms with Crippen molar-refractivity contribution in [3.63, 3.8) is 0 Å². The maximum atomic E-state index is 13.4. The lowest BCUT2D eigenvalue weighted by atomic mass is 9.93. The van der Waals surface area contributed by atoms with E-state index >= 15 is 0 Å². The molecule has 58 heavy (non-hydrogen) atoms. The fraction of sp³-hybridized carbons (Fsp3) is 0.0385. The van der Waals surface area contributed by atoms with E-state index in [0.717, 1.165) is 79.9 Å². The number of halogens is 6. The van der Waals surface area contributed by atoms with Crippen LogP contribution in [0.4, 0.5) is 26.3 Å². The van der Waals surface area contributed by atoms with Gasteiger partial charge in [-0.3, -0.25) is 0 Å². The molecule has 0 heterocycles. The Labute approximate surface area is 334 Å². The number of hydrogen-bond acceptors (Lipinski definition) is 0. The van der Waals surface area contributed by atoms with Crippen molar-refractivity contribution in [3.05, 3.63) is 249 Å². The normalized spacial score (nSPS) is 12.7. The van der Waals surface area contributed by atoms with Crippen LogP contribution >= 0.6 is 0 Å². The second-order valence-electron chi connectivity index (χ2n) is 13.6. The Hall–Kier alpha value is -6.92. The van der Waals surface area contributed by atoms with Gasteiger partial charge in [-0.25, -0.2) is 0 Å². The second-order valence-corrected chi connectivity index (χ2v) is 13.6. The van der Waals surface area contributed by atoms with Gasteiger partial charge in [0.2, 0.25) is 0 Å². The smallest absolute Gasteiger partial charge is 0.166 e. The van der Waals surface area contributed by atoms with Gasteiger partial charge < -0.3 is 0 Å². The zero-order valence-corrected chi connectivity index (χ0v) is 31.1. The molecule has 0 fully saturated rings. The van der Waals surface area contributed by atoms with Crippen molar-refractivity contribution in [2.45, 2.75) is 12.4 Å². The van der Waals surface area contributed by atoms with Gasteiger partial charge in [-0.05, 0) is 103 Å². The molecule has 0 N–H and O–H groups in total. The summed E-state index contributed by atoms with van der Waals surface area (Å²) in [4.78, 5) is 0. The van der Waals surface area contributed by atoms with Crippen molar-refractivity contribution in [3.8, 4) is 0 Å². The highest BCUT2D eigenvalue weighted by molar-refractivity contribution is 5.95. The number of benzene rings is 7. The summed E-state index contributed by atoms with van der Waals surface area (Å²) in [6.45, 7) is 0. The summed E-state index contributed by atoms with van der Waals surface area (Å²) in [5.74, 6) is 0. The SMILES string of the molecule is FC(F)(F)c1ccc(/C(=C\c2ccccc2C=Cc2ccccc2C=Cc2ccccc2/C=C(/c2ccccc2)c2ccc(C(F)(F)F)cc2)c2ccccc2)cc1. The molecular weight excluding hydrogens is 739 g/mol. The van der Waals surface area contributed by atoms with E-state index in [9.17, 15) is 26.3 Å². The Morgan fingerprint density at radius 1 is 0.276 bits per heavy atom. The minimum Gasteiger partial charge on any atom is -0.166 e. The lowest BCUT2D eigenvalue weighted by Crippen LogP contribution is -2.04. The predicted octanol–water partition coefficient (Wildman–Crippen LogP) is 15.2. The number of hydrogen-bond donors (Lipinski definition) is 0. The van der Waals surface area contributed by atoms with Gasteiger partial charge in [-0.1, -0.05) is 182 Å². The molecular formula is C52H36F6. The van der Waals surface area contributed by atoms with Gasteiger partial charge in [0, 0.05) is 0 Å². The lowest BCUT2D eigenvalue weighted by Gasteiger charge is -2.12. The summed E-state index contributed by atoms with van der Waals surface area (Å²) in [7, 11) is 0. The summed E-state index contributed by atoms with van der Waals surface area (Å²) in [6, 6.07) is 53.3. The molecule has 0 amide bonds. The standard InChI is InChI=1S/C52H36F6/c53-51(54,55)47-31-27-43(28-32-47)49(41-17-3-1-4-18-41)35-45-21-11-9-15-39(45)25-23-37-13-7-8-14-38(37)24-26-40-16-10-12-22-46(40)36-50(42-19-5-2-6-20-42)44-29-33-48(34-30-44)52(56,57)58/h1-36H/b25-23?,26-24?,49-35-,50-36-. The van der Waals surface area contributed by atoms with Crippen molar-refractivity contribution in [1.82, 2.24) is 0 Å². The molecule has 0 radical (unpaired) electrons. The van der Waals surface area contributed by atoms with Crippen LogP contribution in [-0.2, 0) is 12.4 Å². The fourth-order valence-electron chi connectivity index (χ4n) is 6.65. The van der Waals surface area contributed by atoms with Gasteiger partial charge in [0.05, 0.1) is 11.1 Å². The second kappa shape index (κ2) is 17.5. The highest BCUT2D eigenvalue weighted by Crippen LogP contribution is 2.35. The predicted molar refractivity (Wildman–Crippen MR) is 227 cm³/mol. The minimum absolute atomic E-state index is 0.666. The Kier molecular flexibility index (Phi) is 11.8. The molecule has 0 aliphatic heterocycles. The van der Waals surface area contributed by atoms with Crippen LogP contribution in [0.1, 0.15) is 66.8 Å². The maximum Gasteiger partial charge on any atom is 0.416 e. The van der Waals surface area contributed by atoms with Crippen LogP contribution in [0.25, 0.3) is 47.6 Å². The Morgan fingerprint density at radius 2 is 0.517 bits per heavy atom. The Morgan fingerprint density at radius 3 is 0.810 bits per heavy atom. The van der Waals surface area contributed by atoms with E-state index in [0.29, 0.717) is 11.1 Å². The first-order chi connectivity index (χ1) is 28.0. The van der Waals surface area contributed by atoms with Gasteiger partial charge in [-0.2, -0.15) is 26.3 Å².